The Hall–Kier alpha value is -4.77. The summed E-state index contributed by atoms with van der Waals surface area (Å²) in [7, 11) is 1.56. The standard InChI is InChI=1S/C31H32FN5O5/c1-40-28-17-23-25(18-29(28)41-19-20-7-12-34-13-8-20)36-14-9-26(23)42-27-6-5-22(16-24(27)32)37(31(39)30(33)38)15-10-21-4-2-3-11-35-21/h2-6,9,11,14,16-18,20,34H,7-8,10,12-13,15,19H2,1H3,(H2,33,38). The minimum Gasteiger partial charge on any atom is -0.493 e. The zero-order chi connectivity index (χ0) is 29.5. The number of primary amides is 1. The number of carbonyl (C=O) groups is 2. The number of methoxy groups -OCH3 is 1. The number of fused-ring (bicyclic) bond motifs is 1. The maximum atomic E-state index is 15.4. The van der Waals surface area contributed by atoms with Gasteiger partial charge in [-0.15, -0.1) is 0 Å². The van der Waals surface area contributed by atoms with Crippen molar-refractivity contribution >= 4 is 28.4 Å². The van der Waals surface area contributed by atoms with Crippen LogP contribution in [0.1, 0.15) is 18.5 Å². The van der Waals surface area contributed by atoms with E-state index in [1.54, 1.807) is 49.8 Å². The van der Waals surface area contributed by atoms with Gasteiger partial charge in [-0.3, -0.25) is 19.6 Å². The molecule has 2 aromatic heterocycles. The zero-order valence-electron chi connectivity index (χ0n) is 23.2. The number of halogens is 1. The predicted octanol–water partition coefficient (Wildman–Crippen LogP) is 4.01. The molecule has 1 aliphatic heterocycles. The van der Waals surface area contributed by atoms with Gasteiger partial charge in [-0.05, 0) is 68.2 Å². The van der Waals surface area contributed by atoms with E-state index in [0.717, 1.165) is 36.9 Å². The molecule has 1 fully saturated rings. The van der Waals surface area contributed by atoms with E-state index in [1.807, 2.05) is 6.07 Å². The average Bonchev–Trinajstić information content (AvgIpc) is 3.01. The summed E-state index contributed by atoms with van der Waals surface area (Å²) in [5.74, 6) is -0.997. The highest BCUT2D eigenvalue weighted by molar-refractivity contribution is 6.39. The second-order valence-corrected chi connectivity index (χ2v) is 9.94. The highest BCUT2D eigenvalue weighted by atomic mass is 19.1. The number of carbonyl (C=O) groups excluding carboxylic acids is 2. The first-order valence-electron chi connectivity index (χ1n) is 13.7. The maximum absolute atomic E-state index is 15.4. The molecule has 3 N–H and O–H groups in total. The summed E-state index contributed by atoms with van der Waals surface area (Å²) in [5.41, 5.74) is 6.73. The third kappa shape index (κ3) is 6.74. The van der Waals surface area contributed by atoms with Crippen LogP contribution in [0.15, 0.2) is 67.0 Å². The number of ether oxygens (including phenoxy) is 3. The molecule has 11 heteroatoms. The van der Waals surface area contributed by atoms with Crippen LogP contribution in [0.4, 0.5) is 10.1 Å². The monoisotopic (exact) mass is 573 g/mol. The van der Waals surface area contributed by atoms with Crippen molar-refractivity contribution in [3.05, 3.63) is 78.5 Å². The summed E-state index contributed by atoms with van der Waals surface area (Å²) in [6.07, 6.45) is 5.64. The molecule has 0 aliphatic carbocycles. The SMILES string of the molecule is COc1cc2c(Oc3ccc(N(CCc4ccccn4)C(=O)C(N)=O)cc3F)ccnc2cc1OCC1CCNCC1. The number of hydrogen-bond donors (Lipinski definition) is 2. The van der Waals surface area contributed by atoms with Gasteiger partial charge in [0.05, 0.1) is 19.2 Å². The van der Waals surface area contributed by atoms with Crippen molar-refractivity contribution in [2.75, 3.05) is 38.3 Å². The molecule has 0 unspecified atom stereocenters. The van der Waals surface area contributed by atoms with Gasteiger partial charge in [0.1, 0.15) is 5.75 Å². The van der Waals surface area contributed by atoms with Gasteiger partial charge in [-0.2, -0.15) is 0 Å². The van der Waals surface area contributed by atoms with Crippen LogP contribution in [0.25, 0.3) is 10.9 Å². The lowest BCUT2D eigenvalue weighted by Crippen LogP contribution is -2.41. The Bertz CT molecular complexity index is 1560. The number of benzene rings is 2. The van der Waals surface area contributed by atoms with Crippen molar-refractivity contribution in [2.45, 2.75) is 19.3 Å². The van der Waals surface area contributed by atoms with Gasteiger partial charge < -0.3 is 30.2 Å². The molecule has 42 heavy (non-hydrogen) atoms. The van der Waals surface area contributed by atoms with Crippen molar-refractivity contribution < 1.29 is 28.2 Å². The van der Waals surface area contributed by atoms with E-state index in [0.29, 0.717) is 52.8 Å². The smallest absolute Gasteiger partial charge is 0.316 e. The van der Waals surface area contributed by atoms with E-state index in [-0.39, 0.29) is 18.0 Å². The third-order valence-electron chi connectivity index (χ3n) is 7.14. The molecular weight excluding hydrogens is 541 g/mol. The van der Waals surface area contributed by atoms with Crippen LogP contribution in [0.5, 0.6) is 23.0 Å². The van der Waals surface area contributed by atoms with Gasteiger partial charge in [0, 0.05) is 54.3 Å². The largest absolute Gasteiger partial charge is 0.493 e. The first kappa shape index (κ1) is 28.7. The number of nitrogens with one attached hydrogen (secondary N) is 1. The van der Waals surface area contributed by atoms with Crippen LogP contribution in [-0.2, 0) is 16.0 Å². The van der Waals surface area contributed by atoms with E-state index < -0.39 is 17.6 Å². The Balaban J connectivity index is 1.36. The maximum Gasteiger partial charge on any atom is 0.316 e. The van der Waals surface area contributed by atoms with E-state index in [1.165, 1.54) is 12.1 Å². The number of pyridine rings is 2. The minimum absolute atomic E-state index is 0.0762. The molecular formula is C31H32FN5O5. The Morgan fingerprint density at radius 2 is 1.83 bits per heavy atom. The van der Waals surface area contributed by atoms with Crippen molar-refractivity contribution in [1.82, 2.24) is 15.3 Å². The molecule has 1 aliphatic rings. The predicted molar refractivity (Wildman–Crippen MR) is 155 cm³/mol. The number of hydrogen-bond acceptors (Lipinski definition) is 8. The molecule has 218 valence electrons. The van der Waals surface area contributed by atoms with E-state index in [2.05, 4.69) is 15.3 Å². The molecule has 0 spiro atoms. The lowest BCUT2D eigenvalue weighted by molar-refractivity contribution is -0.135. The first-order valence-corrected chi connectivity index (χ1v) is 13.7. The Labute approximate surface area is 242 Å². The summed E-state index contributed by atoms with van der Waals surface area (Å²) < 4.78 is 33.0. The first-order chi connectivity index (χ1) is 20.4. The number of rotatable bonds is 10. The molecule has 1 saturated heterocycles. The lowest BCUT2D eigenvalue weighted by Gasteiger charge is -2.23. The number of nitrogens with zero attached hydrogens (tertiary/aromatic N) is 3. The third-order valence-corrected chi connectivity index (χ3v) is 7.14. The topological polar surface area (TPSA) is 129 Å². The summed E-state index contributed by atoms with van der Waals surface area (Å²) in [6, 6.07) is 14.6. The van der Waals surface area contributed by atoms with Gasteiger partial charge >= 0.3 is 11.8 Å². The van der Waals surface area contributed by atoms with Gasteiger partial charge in [0.15, 0.2) is 23.1 Å². The Morgan fingerprint density at radius 3 is 2.55 bits per heavy atom. The number of anilines is 1. The van der Waals surface area contributed by atoms with Crippen LogP contribution in [0.2, 0.25) is 0 Å². The molecule has 10 nitrogen and oxygen atoms in total. The van der Waals surface area contributed by atoms with Gasteiger partial charge in [0.25, 0.3) is 0 Å². The van der Waals surface area contributed by atoms with Crippen molar-refractivity contribution in [3.63, 3.8) is 0 Å². The van der Waals surface area contributed by atoms with Gasteiger partial charge in [-0.25, -0.2) is 4.39 Å². The van der Waals surface area contributed by atoms with Crippen LogP contribution in [0.3, 0.4) is 0 Å². The second-order valence-electron chi connectivity index (χ2n) is 9.94. The molecule has 0 radical (unpaired) electrons. The number of amides is 2. The number of aromatic nitrogens is 2. The van der Waals surface area contributed by atoms with E-state index in [4.69, 9.17) is 19.9 Å². The molecule has 5 rings (SSSR count). The molecule has 3 heterocycles. The second kappa shape index (κ2) is 13.3. The fourth-order valence-corrected chi connectivity index (χ4v) is 4.86. The molecule has 0 saturated carbocycles. The fraction of sp³-hybridized carbons (Fsp3) is 0.290. The lowest BCUT2D eigenvalue weighted by atomic mass is 9.99. The summed E-state index contributed by atoms with van der Waals surface area (Å²) in [5, 5.41) is 3.95. The van der Waals surface area contributed by atoms with E-state index in [9.17, 15) is 9.59 Å². The van der Waals surface area contributed by atoms with Gasteiger partial charge in [-0.1, -0.05) is 6.07 Å². The summed E-state index contributed by atoms with van der Waals surface area (Å²) in [6.45, 7) is 2.62. The highest BCUT2D eigenvalue weighted by Crippen LogP contribution is 2.38. The summed E-state index contributed by atoms with van der Waals surface area (Å²) in [4.78, 5) is 34.1. The van der Waals surface area contributed by atoms with Crippen LogP contribution in [-0.4, -0.2) is 55.1 Å². The zero-order valence-corrected chi connectivity index (χ0v) is 23.2. The van der Waals surface area contributed by atoms with Crippen LogP contribution >= 0.6 is 0 Å². The average molecular weight is 574 g/mol. The fourth-order valence-electron chi connectivity index (χ4n) is 4.86. The Kier molecular flexibility index (Phi) is 9.08. The van der Waals surface area contributed by atoms with Crippen LogP contribution < -0.4 is 30.2 Å². The normalized spacial score (nSPS) is 13.5. The van der Waals surface area contributed by atoms with Crippen molar-refractivity contribution in [2.24, 2.45) is 11.7 Å². The molecule has 4 aromatic rings. The van der Waals surface area contributed by atoms with Gasteiger partial charge in [0.2, 0.25) is 0 Å². The highest BCUT2D eigenvalue weighted by Gasteiger charge is 2.23. The number of piperidine rings is 1. The van der Waals surface area contributed by atoms with Crippen molar-refractivity contribution in [3.8, 4) is 23.0 Å². The van der Waals surface area contributed by atoms with E-state index >= 15 is 4.39 Å². The van der Waals surface area contributed by atoms with Crippen LogP contribution in [0, 0.1) is 11.7 Å². The Morgan fingerprint density at radius 1 is 1.00 bits per heavy atom. The summed E-state index contributed by atoms with van der Waals surface area (Å²) >= 11 is 0. The molecule has 2 amide bonds. The minimum atomic E-state index is -1.15. The number of nitrogens with two attached hydrogens (primary N) is 1. The molecule has 0 atom stereocenters. The quantitative estimate of drug-likeness (QED) is 0.273. The van der Waals surface area contributed by atoms with Crippen molar-refractivity contribution in [1.29, 1.82) is 0 Å². The molecule has 2 aromatic carbocycles. The molecule has 0 bridgehead atoms.